The Morgan fingerprint density at radius 3 is 2.88 bits per heavy atom. The van der Waals surface area contributed by atoms with Gasteiger partial charge in [-0.2, -0.15) is 0 Å². The van der Waals surface area contributed by atoms with E-state index in [1.165, 1.54) is 7.11 Å². The van der Waals surface area contributed by atoms with Crippen LogP contribution in [0.5, 0.6) is 0 Å². The van der Waals surface area contributed by atoms with Crippen molar-refractivity contribution in [2.75, 3.05) is 7.11 Å². The number of carbonyl (C=O) groups excluding carboxylic acids is 2. The zero-order valence-electron chi connectivity index (χ0n) is 9.73. The second-order valence-electron chi connectivity index (χ2n) is 4.04. The van der Waals surface area contributed by atoms with E-state index in [1.54, 1.807) is 0 Å². The molecular weight excluding hydrogens is 216 g/mol. The summed E-state index contributed by atoms with van der Waals surface area (Å²) in [5.41, 5.74) is 2.85. The summed E-state index contributed by atoms with van der Waals surface area (Å²) >= 11 is 0. The number of Topliss-reactive ketones (excluding diaryl/α,β-unsaturated/α-hetero) is 1. The summed E-state index contributed by atoms with van der Waals surface area (Å²) in [6.07, 6.45) is 3.03. The smallest absolute Gasteiger partial charge is 0.305 e. The second kappa shape index (κ2) is 4.95. The molecule has 3 heteroatoms. The molecule has 1 aromatic carbocycles. The fourth-order valence-corrected chi connectivity index (χ4v) is 1.94. The van der Waals surface area contributed by atoms with Gasteiger partial charge in [0.15, 0.2) is 5.78 Å². The van der Waals surface area contributed by atoms with Gasteiger partial charge in [-0.05, 0) is 29.2 Å². The van der Waals surface area contributed by atoms with Gasteiger partial charge in [0, 0.05) is 12.8 Å². The van der Waals surface area contributed by atoms with E-state index in [-0.39, 0.29) is 18.2 Å². The molecule has 0 fully saturated rings. The van der Waals surface area contributed by atoms with Crippen LogP contribution in [-0.4, -0.2) is 18.9 Å². The second-order valence-corrected chi connectivity index (χ2v) is 4.04. The van der Waals surface area contributed by atoms with Crippen molar-refractivity contribution in [3.8, 4) is 0 Å². The quantitative estimate of drug-likeness (QED) is 0.747. The minimum absolute atomic E-state index is 0.104. The highest BCUT2D eigenvalue weighted by Gasteiger charge is 2.18. The molecule has 88 valence electrons. The molecule has 0 spiro atoms. The standard InChI is InChI=1S/C14H14O3/c1-17-14(16)7-6-12-8-10-4-2-3-5-11(10)9-13(12)15/h2-5,8H,6-7,9H2,1H3. The molecule has 0 amide bonds. The van der Waals surface area contributed by atoms with Gasteiger partial charge < -0.3 is 4.74 Å². The van der Waals surface area contributed by atoms with Crippen molar-refractivity contribution in [2.45, 2.75) is 19.3 Å². The third-order valence-electron chi connectivity index (χ3n) is 2.92. The summed E-state index contributed by atoms with van der Waals surface area (Å²) in [7, 11) is 1.36. The van der Waals surface area contributed by atoms with Gasteiger partial charge in [-0.3, -0.25) is 9.59 Å². The molecule has 0 saturated heterocycles. The SMILES string of the molecule is COC(=O)CCC1=Cc2ccccc2CC1=O. The Hall–Kier alpha value is -1.90. The third-order valence-corrected chi connectivity index (χ3v) is 2.92. The van der Waals surface area contributed by atoms with Crippen molar-refractivity contribution in [1.82, 2.24) is 0 Å². The molecule has 0 N–H and O–H groups in total. The molecule has 0 unspecified atom stereocenters. The zero-order valence-corrected chi connectivity index (χ0v) is 9.73. The average Bonchev–Trinajstić information content (AvgIpc) is 2.35. The number of benzene rings is 1. The number of hydrogen-bond acceptors (Lipinski definition) is 3. The van der Waals surface area contributed by atoms with Crippen LogP contribution in [0.15, 0.2) is 29.8 Å². The predicted octanol–water partition coefficient (Wildman–Crippen LogP) is 2.15. The van der Waals surface area contributed by atoms with E-state index >= 15 is 0 Å². The Labute approximate surface area is 100 Å². The van der Waals surface area contributed by atoms with Gasteiger partial charge in [0.25, 0.3) is 0 Å². The lowest BCUT2D eigenvalue weighted by atomic mass is 9.89. The van der Waals surface area contributed by atoms with Crippen molar-refractivity contribution in [2.24, 2.45) is 0 Å². The van der Waals surface area contributed by atoms with Crippen LogP contribution in [-0.2, 0) is 20.7 Å². The Morgan fingerprint density at radius 2 is 2.12 bits per heavy atom. The van der Waals surface area contributed by atoms with Gasteiger partial charge in [0.2, 0.25) is 0 Å². The Balaban J connectivity index is 2.15. The van der Waals surface area contributed by atoms with E-state index in [1.807, 2.05) is 30.3 Å². The molecule has 0 atom stereocenters. The Bertz CT molecular complexity index is 486. The van der Waals surface area contributed by atoms with Crippen LogP contribution in [0.2, 0.25) is 0 Å². The van der Waals surface area contributed by atoms with Crippen molar-refractivity contribution >= 4 is 17.8 Å². The number of ketones is 1. The molecule has 1 aliphatic carbocycles. The summed E-state index contributed by atoms with van der Waals surface area (Å²) in [5, 5.41) is 0. The fourth-order valence-electron chi connectivity index (χ4n) is 1.94. The van der Waals surface area contributed by atoms with E-state index in [9.17, 15) is 9.59 Å². The maximum absolute atomic E-state index is 11.8. The number of allylic oxidation sites excluding steroid dienone is 1. The van der Waals surface area contributed by atoms with E-state index < -0.39 is 0 Å². The first kappa shape index (κ1) is 11.6. The maximum atomic E-state index is 11.8. The minimum Gasteiger partial charge on any atom is -0.469 e. The molecule has 3 nitrogen and oxygen atoms in total. The highest BCUT2D eigenvalue weighted by atomic mass is 16.5. The molecule has 0 aromatic heterocycles. The first-order valence-corrected chi connectivity index (χ1v) is 5.59. The number of rotatable bonds is 3. The lowest BCUT2D eigenvalue weighted by Gasteiger charge is -2.14. The number of esters is 1. The summed E-state index contributed by atoms with van der Waals surface area (Å²) < 4.78 is 4.57. The van der Waals surface area contributed by atoms with E-state index in [2.05, 4.69) is 4.74 Å². The molecule has 1 aromatic rings. The average molecular weight is 230 g/mol. The Morgan fingerprint density at radius 1 is 1.35 bits per heavy atom. The monoisotopic (exact) mass is 230 g/mol. The van der Waals surface area contributed by atoms with Gasteiger partial charge in [-0.25, -0.2) is 0 Å². The molecule has 0 radical (unpaired) electrons. The van der Waals surface area contributed by atoms with E-state index in [0.29, 0.717) is 18.4 Å². The summed E-state index contributed by atoms with van der Waals surface area (Å²) in [4.78, 5) is 22.9. The largest absolute Gasteiger partial charge is 0.469 e. The van der Waals surface area contributed by atoms with Crippen LogP contribution < -0.4 is 0 Å². The van der Waals surface area contributed by atoms with E-state index in [4.69, 9.17) is 0 Å². The van der Waals surface area contributed by atoms with Crippen LogP contribution in [0.3, 0.4) is 0 Å². The van der Waals surface area contributed by atoms with Crippen molar-refractivity contribution < 1.29 is 14.3 Å². The van der Waals surface area contributed by atoms with Crippen LogP contribution in [0.25, 0.3) is 6.08 Å². The van der Waals surface area contributed by atoms with Gasteiger partial charge in [0.05, 0.1) is 7.11 Å². The molecular formula is C14H14O3. The normalized spacial score (nSPS) is 13.9. The fraction of sp³-hybridized carbons (Fsp3) is 0.286. The molecule has 0 aliphatic heterocycles. The lowest BCUT2D eigenvalue weighted by Crippen LogP contribution is -2.13. The van der Waals surface area contributed by atoms with Crippen molar-refractivity contribution in [3.05, 3.63) is 41.0 Å². The Kier molecular flexibility index (Phi) is 3.38. The number of ether oxygens (including phenoxy) is 1. The summed E-state index contributed by atoms with van der Waals surface area (Å²) in [6.45, 7) is 0. The molecule has 17 heavy (non-hydrogen) atoms. The van der Waals surface area contributed by atoms with Gasteiger partial charge >= 0.3 is 5.97 Å². The molecule has 0 saturated carbocycles. The van der Waals surface area contributed by atoms with Crippen LogP contribution >= 0.6 is 0 Å². The van der Waals surface area contributed by atoms with Crippen LogP contribution in [0.4, 0.5) is 0 Å². The first-order chi connectivity index (χ1) is 8.20. The number of fused-ring (bicyclic) bond motifs is 1. The van der Waals surface area contributed by atoms with Crippen LogP contribution in [0.1, 0.15) is 24.0 Å². The van der Waals surface area contributed by atoms with Gasteiger partial charge in [-0.15, -0.1) is 0 Å². The third kappa shape index (κ3) is 2.61. The lowest BCUT2D eigenvalue weighted by molar-refractivity contribution is -0.140. The number of carbonyl (C=O) groups is 2. The highest BCUT2D eigenvalue weighted by Crippen LogP contribution is 2.23. The van der Waals surface area contributed by atoms with Crippen molar-refractivity contribution in [3.63, 3.8) is 0 Å². The molecule has 1 aliphatic rings. The van der Waals surface area contributed by atoms with Gasteiger partial charge in [-0.1, -0.05) is 24.3 Å². The van der Waals surface area contributed by atoms with Crippen molar-refractivity contribution in [1.29, 1.82) is 0 Å². The zero-order chi connectivity index (χ0) is 12.3. The molecule has 0 heterocycles. The first-order valence-electron chi connectivity index (χ1n) is 5.59. The maximum Gasteiger partial charge on any atom is 0.305 e. The minimum atomic E-state index is -0.280. The topological polar surface area (TPSA) is 43.4 Å². The summed E-state index contributed by atoms with van der Waals surface area (Å²) in [5.74, 6) is -0.176. The number of methoxy groups -OCH3 is 1. The van der Waals surface area contributed by atoms with Gasteiger partial charge in [0.1, 0.15) is 0 Å². The van der Waals surface area contributed by atoms with Crippen LogP contribution in [0, 0.1) is 0 Å². The predicted molar refractivity (Wildman–Crippen MR) is 64.4 cm³/mol. The summed E-state index contributed by atoms with van der Waals surface area (Å²) in [6, 6.07) is 7.82. The molecule has 2 rings (SSSR count). The highest BCUT2D eigenvalue weighted by molar-refractivity contribution is 6.03. The van der Waals surface area contributed by atoms with E-state index in [0.717, 1.165) is 11.1 Å². The number of hydrogen-bond donors (Lipinski definition) is 0. The molecule has 0 bridgehead atoms.